The van der Waals surface area contributed by atoms with E-state index in [0.29, 0.717) is 12.6 Å². The van der Waals surface area contributed by atoms with Gasteiger partial charge in [0.2, 0.25) is 5.88 Å². The Labute approximate surface area is 178 Å². The zero-order valence-corrected chi connectivity index (χ0v) is 17.8. The van der Waals surface area contributed by atoms with E-state index in [-0.39, 0.29) is 6.04 Å². The molecule has 0 spiro atoms. The topological polar surface area (TPSA) is 74.9 Å². The minimum absolute atomic E-state index is 0.216. The maximum Gasteiger partial charge on any atom is 0.213 e. The molecule has 7 nitrogen and oxygen atoms in total. The summed E-state index contributed by atoms with van der Waals surface area (Å²) in [5, 5.41) is 6.87. The number of hydrogen-bond donors (Lipinski definition) is 2. The molecule has 0 amide bonds. The summed E-state index contributed by atoms with van der Waals surface area (Å²) in [5.41, 5.74) is 1.13. The highest BCUT2D eigenvalue weighted by molar-refractivity contribution is 5.79. The maximum absolute atomic E-state index is 6.03. The molecule has 2 aromatic rings. The number of nitrogens with zero attached hydrogens (tertiary/aromatic N) is 3. The summed E-state index contributed by atoms with van der Waals surface area (Å²) in [6.45, 7) is 3.64. The maximum atomic E-state index is 6.03. The number of rotatable bonds is 8. The SMILES string of the molecule is CN=C(NCc1ccnc(OC2CCCC2)c1)NCC(c1ccco1)N1CCCC1. The Morgan fingerprint density at radius 2 is 2.07 bits per heavy atom. The summed E-state index contributed by atoms with van der Waals surface area (Å²) >= 11 is 0. The smallest absolute Gasteiger partial charge is 0.213 e. The first-order chi connectivity index (χ1) is 14.8. The highest BCUT2D eigenvalue weighted by Crippen LogP contribution is 2.25. The molecule has 30 heavy (non-hydrogen) atoms. The van der Waals surface area contributed by atoms with Crippen molar-refractivity contribution in [1.82, 2.24) is 20.5 Å². The Morgan fingerprint density at radius 1 is 1.23 bits per heavy atom. The average molecular weight is 412 g/mol. The molecule has 0 aromatic carbocycles. The van der Waals surface area contributed by atoms with Crippen LogP contribution in [0.5, 0.6) is 5.88 Å². The van der Waals surface area contributed by atoms with Gasteiger partial charge in [0.05, 0.1) is 12.3 Å². The van der Waals surface area contributed by atoms with E-state index in [2.05, 4.69) is 31.6 Å². The lowest BCUT2D eigenvalue weighted by atomic mass is 10.2. The Hall–Kier alpha value is -2.54. The third-order valence-electron chi connectivity index (χ3n) is 5.99. The molecule has 2 aromatic heterocycles. The molecule has 1 saturated carbocycles. The normalized spacial score (nSPS) is 19.2. The first-order valence-electron chi connectivity index (χ1n) is 11.2. The first kappa shape index (κ1) is 20.7. The predicted octanol–water partition coefficient (Wildman–Crippen LogP) is 3.50. The quantitative estimate of drug-likeness (QED) is 0.512. The van der Waals surface area contributed by atoms with Gasteiger partial charge in [-0.15, -0.1) is 0 Å². The van der Waals surface area contributed by atoms with E-state index in [4.69, 9.17) is 9.15 Å². The molecule has 1 unspecified atom stereocenters. The molecule has 0 bridgehead atoms. The Balaban J connectivity index is 1.30. The Morgan fingerprint density at radius 3 is 2.80 bits per heavy atom. The minimum Gasteiger partial charge on any atom is -0.474 e. The number of guanidine groups is 1. The summed E-state index contributed by atoms with van der Waals surface area (Å²) in [7, 11) is 1.80. The molecule has 2 N–H and O–H groups in total. The fourth-order valence-corrected chi connectivity index (χ4v) is 4.35. The summed E-state index contributed by atoms with van der Waals surface area (Å²) in [6.07, 6.45) is 11.2. The molecule has 1 saturated heterocycles. The van der Waals surface area contributed by atoms with Gasteiger partial charge in [-0.1, -0.05) is 0 Å². The lowest BCUT2D eigenvalue weighted by molar-refractivity contribution is 0.201. The van der Waals surface area contributed by atoms with E-state index in [9.17, 15) is 0 Å². The second kappa shape index (κ2) is 10.5. The molecule has 1 aliphatic heterocycles. The predicted molar refractivity (Wildman–Crippen MR) is 118 cm³/mol. The lowest BCUT2D eigenvalue weighted by Crippen LogP contribution is -2.42. The van der Waals surface area contributed by atoms with Gasteiger partial charge in [-0.05, 0) is 75.4 Å². The van der Waals surface area contributed by atoms with Gasteiger partial charge < -0.3 is 19.8 Å². The van der Waals surface area contributed by atoms with Crippen LogP contribution in [0.15, 0.2) is 46.1 Å². The number of aliphatic imine (C=N–C) groups is 1. The third kappa shape index (κ3) is 5.53. The van der Waals surface area contributed by atoms with E-state index in [1.807, 2.05) is 24.4 Å². The average Bonchev–Trinajstić information content (AvgIpc) is 3.55. The highest BCUT2D eigenvalue weighted by atomic mass is 16.5. The van der Waals surface area contributed by atoms with E-state index in [1.54, 1.807) is 13.3 Å². The monoisotopic (exact) mass is 411 g/mol. The van der Waals surface area contributed by atoms with Crippen LogP contribution in [-0.2, 0) is 6.54 Å². The van der Waals surface area contributed by atoms with Crippen molar-refractivity contribution in [2.45, 2.75) is 57.2 Å². The van der Waals surface area contributed by atoms with Gasteiger partial charge in [-0.25, -0.2) is 4.98 Å². The van der Waals surface area contributed by atoms with Crippen molar-refractivity contribution in [2.75, 3.05) is 26.7 Å². The number of pyridine rings is 1. The van der Waals surface area contributed by atoms with E-state index < -0.39 is 0 Å². The molecule has 1 atom stereocenters. The number of likely N-dealkylation sites (tertiary alicyclic amines) is 1. The van der Waals surface area contributed by atoms with Gasteiger partial charge in [-0.2, -0.15) is 0 Å². The van der Waals surface area contributed by atoms with Crippen molar-refractivity contribution in [3.63, 3.8) is 0 Å². The van der Waals surface area contributed by atoms with E-state index in [0.717, 1.165) is 55.6 Å². The lowest BCUT2D eigenvalue weighted by Gasteiger charge is -2.26. The van der Waals surface area contributed by atoms with Crippen LogP contribution in [0.3, 0.4) is 0 Å². The highest BCUT2D eigenvalue weighted by Gasteiger charge is 2.25. The van der Waals surface area contributed by atoms with Crippen LogP contribution < -0.4 is 15.4 Å². The first-order valence-corrected chi connectivity index (χ1v) is 11.2. The van der Waals surface area contributed by atoms with Crippen LogP contribution in [-0.4, -0.2) is 48.6 Å². The van der Waals surface area contributed by atoms with Crippen LogP contribution in [0.2, 0.25) is 0 Å². The van der Waals surface area contributed by atoms with Crippen LogP contribution in [0.25, 0.3) is 0 Å². The van der Waals surface area contributed by atoms with Crippen molar-refractivity contribution in [1.29, 1.82) is 0 Å². The molecular weight excluding hydrogens is 378 g/mol. The van der Waals surface area contributed by atoms with Crippen LogP contribution >= 0.6 is 0 Å². The number of nitrogens with one attached hydrogen (secondary N) is 2. The van der Waals surface area contributed by atoms with Gasteiger partial charge in [0, 0.05) is 32.4 Å². The molecular formula is C23H33N5O2. The largest absolute Gasteiger partial charge is 0.474 e. The molecule has 2 fully saturated rings. The second-order valence-electron chi connectivity index (χ2n) is 8.11. The molecule has 7 heteroatoms. The third-order valence-corrected chi connectivity index (χ3v) is 5.99. The number of aromatic nitrogens is 1. The van der Waals surface area contributed by atoms with Gasteiger partial charge >= 0.3 is 0 Å². The Bertz CT molecular complexity index is 796. The fourth-order valence-electron chi connectivity index (χ4n) is 4.35. The molecule has 3 heterocycles. The van der Waals surface area contributed by atoms with Crippen molar-refractivity contribution in [3.8, 4) is 5.88 Å². The van der Waals surface area contributed by atoms with E-state index in [1.165, 1.54) is 25.7 Å². The number of furan rings is 1. The summed E-state index contributed by atoms with van der Waals surface area (Å²) in [4.78, 5) is 11.2. The Kier molecular flexibility index (Phi) is 7.24. The van der Waals surface area contributed by atoms with Gasteiger partial charge in [0.15, 0.2) is 5.96 Å². The zero-order valence-electron chi connectivity index (χ0n) is 17.8. The summed E-state index contributed by atoms with van der Waals surface area (Å²) in [6, 6.07) is 8.27. The second-order valence-corrected chi connectivity index (χ2v) is 8.11. The molecule has 2 aliphatic rings. The van der Waals surface area contributed by atoms with Gasteiger partial charge in [-0.3, -0.25) is 9.89 Å². The van der Waals surface area contributed by atoms with E-state index >= 15 is 0 Å². The molecule has 0 radical (unpaired) electrons. The minimum atomic E-state index is 0.216. The number of ether oxygens (including phenoxy) is 1. The van der Waals surface area contributed by atoms with Crippen molar-refractivity contribution in [2.24, 2.45) is 4.99 Å². The van der Waals surface area contributed by atoms with Gasteiger partial charge in [0.25, 0.3) is 0 Å². The van der Waals surface area contributed by atoms with Crippen molar-refractivity contribution in [3.05, 3.63) is 48.0 Å². The number of hydrogen-bond acceptors (Lipinski definition) is 5. The summed E-state index contributed by atoms with van der Waals surface area (Å²) in [5.74, 6) is 2.50. The molecule has 162 valence electrons. The fraction of sp³-hybridized carbons (Fsp3) is 0.565. The zero-order chi connectivity index (χ0) is 20.6. The standard InChI is InChI=1S/C23H33N5O2/c1-24-23(27-17-20(21-9-6-14-29-21)28-12-4-5-13-28)26-16-18-10-11-25-22(15-18)30-19-7-2-3-8-19/h6,9-11,14-15,19-20H,2-5,7-8,12-13,16-17H2,1H3,(H2,24,26,27). The molecule has 4 rings (SSSR count). The van der Waals surface area contributed by atoms with Crippen LogP contribution in [0.4, 0.5) is 0 Å². The van der Waals surface area contributed by atoms with Gasteiger partial charge in [0.1, 0.15) is 11.9 Å². The van der Waals surface area contributed by atoms with Crippen molar-refractivity contribution >= 4 is 5.96 Å². The summed E-state index contributed by atoms with van der Waals surface area (Å²) < 4.78 is 11.7. The molecule has 1 aliphatic carbocycles. The van der Waals surface area contributed by atoms with Crippen molar-refractivity contribution < 1.29 is 9.15 Å². The van der Waals surface area contributed by atoms with Crippen LogP contribution in [0, 0.1) is 0 Å². The van der Waals surface area contributed by atoms with Crippen LogP contribution in [0.1, 0.15) is 55.9 Å².